The maximum atomic E-state index is 11.8. The van der Waals surface area contributed by atoms with E-state index in [-0.39, 0.29) is 24.0 Å². The van der Waals surface area contributed by atoms with Crippen LogP contribution in [0.5, 0.6) is 0 Å². The summed E-state index contributed by atoms with van der Waals surface area (Å²) in [4.78, 5) is 47.0. The molecule has 0 unspecified atom stereocenters. The van der Waals surface area contributed by atoms with Crippen molar-refractivity contribution in [2.45, 2.75) is 83.1 Å². The molecule has 0 radical (unpaired) electrons. The molecule has 0 aliphatic carbocycles. The van der Waals surface area contributed by atoms with Crippen LogP contribution in [0.25, 0.3) is 0 Å². The zero-order valence-corrected chi connectivity index (χ0v) is 40.2. The minimum Gasteiger partial charge on any atom is -0.467 e. The molecule has 4 aromatic carbocycles. The lowest BCUT2D eigenvalue weighted by atomic mass is 10.1. The van der Waals surface area contributed by atoms with Gasteiger partial charge in [-0.05, 0) is 92.8 Å². The summed E-state index contributed by atoms with van der Waals surface area (Å²) in [5, 5.41) is 2.54. The molecule has 1 N–H and O–H groups in total. The third kappa shape index (κ3) is 19.1. The second-order valence-corrected chi connectivity index (χ2v) is 16.8. The summed E-state index contributed by atoms with van der Waals surface area (Å²) >= 11 is 0. The fourth-order valence-electron chi connectivity index (χ4n) is 7.02. The van der Waals surface area contributed by atoms with Crippen LogP contribution in [0.3, 0.4) is 0 Å². The van der Waals surface area contributed by atoms with Crippen molar-refractivity contribution in [3.8, 4) is 0 Å². The number of alkyl carbamates (subject to hydrolysis) is 1. The lowest BCUT2D eigenvalue weighted by Gasteiger charge is -2.22. The van der Waals surface area contributed by atoms with Gasteiger partial charge in [0.15, 0.2) is 0 Å². The molecule has 0 fully saturated rings. The number of ether oxygens (including phenoxy) is 4. The van der Waals surface area contributed by atoms with Crippen molar-refractivity contribution in [2.24, 2.45) is 0 Å². The Bertz CT molecular complexity index is 2340. The van der Waals surface area contributed by atoms with Gasteiger partial charge >= 0.3 is 24.0 Å². The second-order valence-electron chi connectivity index (χ2n) is 16.8. The Labute approximate surface area is 401 Å². The smallest absolute Gasteiger partial charge is 0.408 e. The summed E-state index contributed by atoms with van der Waals surface area (Å²) in [6, 6.07) is 50.8. The number of amides is 1. The first-order valence-corrected chi connectivity index (χ1v) is 22.6. The quantitative estimate of drug-likeness (QED) is 0.0794. The van der Waals surface area contributed by atoms with E-state index in [0.29, 0.717) is 25.3 Å². The van der Waals surface area contributed by atoms with E-state index in [2.05, 4.69) is 71.7 Å². The third-order valence-electron chi connectivity index (χ3n) is 10.4. The number of carbonyl (C=O) groups is 4. The number of carbonyl (C=O) groups excluding carboxylic acids is 4. The fraction of sp³-hybridized carbons (Fsp3) is 0.286. The molecule has 0 spiro atoms. The van der Waals surface area contributed by atoms with E-state index in [9.17, 15) is 19.2 Å². The van der Waals surface area contributed by atoms with Gasteiger partial charge in [-0.15, -0.1) is 0 Å². The molecular formula is C56H66N4O8. The first-order chi connectivity index (χ1) is 32.8. The van der Waals surface area contributed by atoms with Crippen molar-refractivity contribution in [1.29, 1.82) is 0 Å². The average Bonchev–Trinajstić information content (AvgIpc) is 4.19. The van der Waals surface area contributed by atoms with Crippen molar-refractivity contribution < 1.29 is 38.1 Å². The van der Waals surface area contributed by atoms with Crippen LogP contribution in [-0.2, 0) is 59.0 Å². The predicted molar refractivity (Wildman–Crippen MR) is 266 cm³/mol. The Hall–Kier alpha value is -7.60. The first kappa shape index (κ1) is 53.0. The Kier molecular flexibility index (Phi) is 22.2. The Morgan fingerprint density at radius 3 is 1.07 bits per heavy atom. The first-order valence-electron chi connectivity index (χ1n) is 22.6. The number of methoxy groups -OCH3 is 3. The van der Waals surface area contributed by atoms with Gasteiger partial charge in [0.1, 0.15) is 23.7 Å². The van der Waals surface area contributed by atoms with Gasteiger partial charge in [0.05, 0.1) is 21.3 Å². The van der Waals surface area contributed by atoms with Crippen LogP contribution < -0.4 is 5.32 Å². The number of aromatic nitrogens is 3. The van der Waals surface area contributed by atoms with E-state index >= 15 is 0 Å². The zero-order chi connectivity index (χ0) is 49.2. The average molecular weight is 923 g/mol. The van der Waals surface area contributed by atoms with E-state index in [4.69, 9.17) is 18.9 Å². The lowest BCUT2D eigenvalue weighted by molar-refractivity contribution is -0.145. The molecule has 3 aromatic heterocycles. The number of esters is 3. The summed E-state index contributed by atoms with van der Waals surface area (Å²) in [5.74, 6) is -0.935. The number of rotatable bonds is 15. The van der Waals surface area contributed by atoms with Crippen LogP contribution in [0.15, 0.2) is 195 Å². The monoisotopic (exact) mass is 922 g/mol. The maximum Gasteiger partial charge on any atom is 0.408 e. The van der Waals surface area contributed by atoms with E-state index < -0.39 is 23.7 Å². The molecule has 0 bridgehead atoms. The molecule has 1 amide bonds. The van der Waals surface area contributed by atoms with Crippen molar-refractivity contribution >= 4 is 24.0 Å². The zero-order valence-electron chi connectivity index (χ0n) is 40.2. The summed E-state index contributed by atoms with van der Waals surface area (Å²) in [6.45, 7) is 7.53. The number of hydrogen-bond acceptors (Lipinski definition) is 8. The highest BCUT2D eigenvalue weighted by molar-refractivity contribution is 5.81. The normalized spacial score (nSPS) is 12.3. The summed E-state index contributed by atoms with van der Waals surface area (Å²) in [6.07, 6.45) is 13.8. The number of hydrogen-bond donors (Lipinski definition) is 1. The molecule has 0 aliphatic rings. The van der Waals surface area contributed by atoms with Crippen LogP contribution >= 0.6 is 0 Å². The SMILES string of the molecule is COC(=O)[C@H](Cc1ccccc1)NC(=O)OC(C)(C)C.COC(=O)[C@H](Cc1ccccc1)n1cccc1.COC(=O)[C@H](Cc1ccccc1)n1cccc1.C[C@H](Cc1ccccc1)n1cccc1. The summed E-state index contributed by atoms with van der Waals surface area (Å²) < 4.78 is 25.5. The molecule has 7 aromatic rings. The van der Waals surface area contributed by atoms with Gasteiger partial charge in [-0.25, -0.2) is 19.2 Å². The van der Waals surface area contributed by atoms with Crippen molar-refractivity contribution in [1.82, 2.24) is 19.0 Å². The molecular weight excluding hydrogens is 857 g/mol. The van der Waals surface area contributed by atoms with Crippen molar-refractivity contribution in [3.05, 3.63) is 217 Å². The fourth-order valence-corrected chi connectivity index (χ4v) is 7.02. The molecule has 4 atom stereocenters. The summed E-state index contributed by atoms with van der Waals surface area (Å²) in [5.41, 5.74) is 3.96. The van der Waals surface area contributed by atoms with E-state index in [1.165, 1.54) is 26.9 Å². The summed E-state index contributed by atoms with van der Waals surface area (Å²) in [7, 11) is 4.13. The second kappa shape index (κ2) is 28.4. The van der Waals surface area contributed by atoms with Crippen LogP contribution in [0, 0.1) is 0 Å². The van der Waals surface area contributed by atoms with Gasteiger partial charge in [0, 0.05) is 62.5 Å². The molecule has 0 saturated carbocycles. The Morgan fingerprint density at radius 1 is 0.441 bits per heavy atom. The Balaban J connectivity index is 0.000000199. The molecule has 12 heteroatoms. The number of nitrogens with zero attached hydrogens (tertiary/aromatic N) is 3. The van der Waals surface area contributed by atoms with Gasteiger partial charge in [0.2, 0.25) is 0 Å². The number of benzene rings is 4. The standard InChI is InChI=1S/C15H21NO4.2C14H15NO2.C13H15N/c1-15(2,3)20-14(18)16-12(13(17)19-4)10-11-8-6-5-7-9-11;2*1-17-14(16)13(15-9-5-6-10-15)11-12-7-3-2-4-8-12;1-12(14-9-5-6-10-14)11-13-7-3-2-4-8-13/h5-9,12H,10H2,1-4H3,(H,16,18);2*2-10,13H,11H2,1H3;2-10,12H,11H2,1H3/t12-;2*13-;12-/m0001/s1. The Morgan fingerprint density at radius 2 is 0.750 bits per heavy atom. The van der Waals surface area contributed by atoms with E-state index in [0.717, 1.165) is 23.1 Å². The largest absolute Gasteiger partial charge is 0.467 e. The molecule has 358 valence electrons. The van der Waals surface area contributed by atoms with Gasteiger partial charge in [-0.3, -0.25) is 0 Å². The van der Waals surface area contributed by atoms with Crippen molar-refractivity contribution in [2.75, 3.05) is 21.3 Å². The predicted octanol–water partition coefficient (Wildman–Crippen LogP) is 10.5. The molecule has 3 heterocycles. The van der Waals surface area contributed by atoms with E-state index in [1.807, 2.05) is 149 Å². The van der Waals surface area contributed by atoms with E-state index in [1.54, 1.807) is 20.8 Å². The van der Waals surface area contributed by atoms with Crippen LogP contribution in [0.1, 0.15) is 68.1 Å². The molecule has 0 aliphatic heterocycles. The minimum atomic E-state index is -0.766. The number of nitrogens with one attached hydrogen (secondary N) is 1. The molecule has 12 nitrogen and oxygen atoms in total. The molecule has 68 heavy (non-hydrogen) atoms. The maximum absolute atomic E-state index is 11.8. The van der Waals surface area contributed by atoms with Gasteiger partial charge in [-0.2, -0.15) is 0 Å². The van der Waals surface area contributed by atoms with Crippen LogP contribution in [0.2, 0.25) is 0 Å². The van der Waals surface area contributed by atoms with Crippen molar-refractivity contribution in [3.63, 3.8) is 0 Å². The topological polar surface area (TPSA) is 132 Å². The third-order valence-corrected chi connectivity index (χ3v) is 10.4. The molecule has 0 saturated heterocycles. The van der Waals surface area contributed by atoms with Gasteiger partial charge in [0.25, 0.3) is 0 Å². The minimum absolute atomic E-state index is 0.218. The van der Waals surface area contributed by atoms with Gasteiger partial charge in [-0.1, -0.05) is 121 Å². The van der Waals surface area contributed by atoms with Gasteiger partial charge < -0.3 is 38.0 Å². The lowest BCUT2D eigenvalue weighted by Crippen LogP contribution is -2.45. The van der Waals surface area contributed by atoms with Crippen LogP contribution in [0.4, 0.5) is 4.79 Å². The van der Waals surface area contributed by atoms with Crippen LogP contribution in [-0.4, -0.2) is 70.7 Å². The highest BCUT2D eigenvalue weighted by Gasteiger charge is 2.25. The molecule has 7 rings (SSSR count). The highest BCUT2D eigenvalue weighted by atomic mass is 16.6. The highest BCUT2D eigenvalue weighted by Crippen LogP contribution is 2.18.